The molecule has 0 bridgehead atoms. The fourth-order valence-corrected chi connectivity index (χ4v) is 13.8. The first-order valence-corrected chi connectivity index (χ1v) is 19.7. The van der Waals surface area contributed by atoms with Crippen LogP contribution in [-0.2, 0) is 0 Å². The fraction of sp³-hybridized carbons (Fsp3) is 1.00. The van der Waals surface area contributed by atoms with E-state index in [0.717, 1.165) is 82.9 Å². The van der Waals surface area contributed by atoms with E-state index in [-0.39, 0.29) is 0 Å². The maximum Gasteiger partial charge on any atom is -0.0321 e. The molecule has 0 heteroatoms. The smallest absolute Gasteiger partial charge is 0.0321 e. The van der Waals surface area contributed by atoms with Crippen LogP contribution in [0.15, 0.2) is 0 Å². The monoisotopic (exact) mass is 549 g/mol. The summed E-state index contributed by atoms with van der Waals surface area (Å²) in [5, 5.41) is 0. The van der Waals surface area contributed by atoms with Gasteiger partial charge in [0.1, 0.15) is 0 Å². The average molecular weight is 549 g/mol. The lowest BCUT2D eigenvalue weighted by atomic mass is 9.43. The standard InChI is InChI=1S/C40H68/c1-27-13-17-31(18-14-27)39-35-23-21-33(29-9-5-3-6-10-29)25-37(35)38-26-34(30-11-7-4-8-12-30)22-24-36(38)40(39)32-19-15-28(2)16-20-32/h27-40H,3-26H2,1-2H3/t27?,28?,31?,32?,33-,34?,35?,36?,37-,38+,39?,40-/m1/s1. The molecule has 0 aromatic carbocycles. The van der Waals surface area contributed by atoms with Crippen LogP contribution in [0.1, 0.15) is 168 Å². The van der Waals surface area contributed by atoms with E-state index in [1.165, 1.54) is 12.8 Å². The third-order valence-electron chi connectivity index (χ3n) is 15.8. The Hall–Kier alpha value is 0. The van der Waals surface area contributed by atoms with Gasteiger partial charge in [-0.3, -0.25) is 0 Å². The zero-order valence-corrected chi connectivity index (χ0v) is 27.1. The van der Waals surface area contributed by atoms with Crippen molar-refractivity contribution < 1.29 is 0 Å². The molecule has 40 heavy (non-hydrogen) atoms. The van der Waals surface area contributed by atoms with Crippen molar-refractivity contribution in [2.45, 2.75) is 168 Å². The average Bonchev–Trinajstić information content (AvgIpc) is 3.02. The van der Waals surface area contributed by atoms with Crippen LogP contribution in [0.2, 0.25) is 0 Å². The summed E-state index contributed by atoms with van der Waals surface area (Å²) in [6.45, 7) is 5.13. The molecule has 0 saturated heterocycles. The lowest BCUT2D eigenvalue weighted by Crippen LogP contribution is -2.55. The second kappa shape index (κ2) is 12.9. The van der Waals surface area contributed by atoms with E-state index in [1.54, 1.807) is 141 Å². The van der Waals surface area contributed by atoms with Crippen molar-refractivity contribution in [3.8, 4) is 0 Å². The van der Waals surface area contributed by atoms with Crippen LogP contribution in [-0.4, -0.2) is 0 Å². The highest BCUT2D eigenvalue weighted by Gasteiger charge is 2.57. The predicted octanol–water partition coefficient (Wildman–Crippen LogP) is 12.1. The van der Waals surface area contributed by atoms with Gasteiger partial charge in [-0.05, 0) is 147 Å². The molecule has 7 saturated carbocycles. The van der Waals surface area contributed by atoms with Crippen molar-refractivity contribution in [3.05, 3.63) is 0 Å². The molecule has 7 rings (SSSR count). The second-order valence-electron chi connectivity index (χ2n) is 17.8. The molecule has 0 amide bonds. The summed E-state index contributed by atoms with van der Waals surface area (Å²) in [6.07, 6.45) is 38.2. The van der Waals surface area contributed by atoms with Crippen molar-refractivity contribution in [1.29, 1.82) is 0 Å². The van der Waals surface area contributed by atoms with Gasteiger partial charge in [0, 0.05) is 0 Å². The zero-order valence-electron chi connectivity index (χ0n) is 27.1. The highest BCUT2D eigenvalue weighted by molar-refractivity contribution is 5.06. The summed E-state index contributed by atoms with van der Waals surface area (Å²) in [5.41, 5.74) is 0. The largest absolute Gasteiger partial charge is 0.0625 e. The number of fused-ring (bicyclic) bond motifs is 3. The number of rotatable bonds is 4. The van der Waals surface area contributed by atoms with Crippen molar-refractivity contribution in [2.24, 2.45) is 82.9 Å². The minimum absolute atomic E-state index is 1.00. The molecule has 0 spiro atoms. The van der Waals surface area contributed by atoms with Crippen molar-refractivity contribution in [2.75, 3.05) is 0 Å². The molecule has 0 nitrogen and oxygen atoms in total. The third-order valence-corrected chi connectivity index (χ3v) is 15.8. The molecule has 0 aromatic heterocycles. The van der Waals surface area contributed by atoms with Crippen molar-refractivity contribution in [3.63, 3.8) is 0 Å². The molecule has 4 unspecified atom stereocenters. The predicted molar refractivity (Wildman–Crippen MR) is 171 cm³/mol. The van der Waals surface area contributed by atoms with Crippen molar-refractivity contribution in [1.82, 2.24) is 0 Å². The lowest BCUT2D eigenvalue weighted by Gasteiger charge is -2.62. The molecule has 0 aliphatic heterocycles. The van der Waals surface area contributed by atoms with Crippen LogP contribution in [0.5, 0.6) is 0 Å². The summed E-state index contributed by atoms with van der Waals surface area (Å²) in [6, 6.07) is 0. The van der Waals surface area contributed by atoms with Crippen LogP contribution in [0.25, 0.3) is 0 Å². The normalized spacial score (nSPS) is 49.6. The summed E-state index contributed by atoms with van der Waals surface area (Å²) in [7, 11) is 0. The van der Waals surface area contributed by atoms with Gasteiger partial charge in [-0.1, -0.05) is 104 Å². The van der Waals surface area contributed by atoms with E-state index in [4.69, 9.17) is 0 Å². The van der Waals surface area contributed by atoms with Gasteiger partial charge < -0.3 is 0 Å². The molecular formula is C40H68. The van der Waals surface area contributed by atoms with Gasteiger partial charge >= 0.3 is 0 Å². The van der Waals surface area contributed by atoms with Crippen LogP contribution in [0, 0.1) is 82.9 Å². The molecule has 7 fully saturated rings. The Morgan fingerprint density at radius 2 is 0.625 bits per heavy atom. The minimum Gasteiger partial charge on any atom is -0.0625 e. The quantitative estimate of drug-likeness (QED) is 0.328. The zero-order chi connectivity index (χ0) is 27.1. The van der Waals surface area contributed by atoms with E-state index in [1.807, 2.05) is 0 Å². The van der Waals surface area contributed by atoms with E-state index < -0.39 is 0 Å². The Labute approximate surface area is 250 Å². The first kappa shape index (κ1) is 28.8. The SMILES string of the molecule is CC1CCC(C2C3CC[C@@H](C4CCCCC4)C[C@H]3[C@H]3CC(C4CCCCC4)CCC3[C@H]2C2CCC(C)CC2)CC1. The topological polar surface area (TPSA) is 0 Å². The van der Waals surface area contributed by atoms with E-state index in [0.29, 0.717) is 0 Å². The van der Waals surface area contributed by atoms with Gasteiger partial charge in [0.2, 0.25) is 0 Å². The minimum atomic E-state index is 1.00. The van der Waals surface area contributed by atoms with E-state index >= 15 is 0 Å². The highest BCUT2D eigenvalue weighted by atomic mass is 14.6. The Morgan fingerprint density at radius 1 is 0.275 bits per heavy atom. The number of hydrogen-bond acceptors (Lipinski definition) is 0. The van der Waals surface area contributed by atoms with Gasteiger partial charge in [-0.15, -0.1) is 0 Å². The van der Waals surface area contributed by atoms with Gasteiger partial charge in [0.15, 0.2) is 0 Å². The van der Waals surface area contributed by atoms with Gasteiger partial charge in [0.25, 0.3) is 0 Å². The molecular weight excluding hydrogens is 480 g/mol. The Bertz CT molecular complexity index is 704. The molecule has 7 aliphatic rings. The van der Waals surface area contributed by atoms with Crippen LogP contribution in [0.4, 0.5) is 0 Å². The van der Waals surface area contributed by atoms with Crippen LogP contribution >= 0.6 is 0 Å². The Kier molecular flexibility index (Phi) is 9.29. The number of hydrogen-bond donors (Lipinski definition) is 0. The van der Waals surface area contributed by atoms with E-state index in [9.17, 15) is 0 Å². The highest BCUT2D eigenvalue weighted by Crippen LogP contribution is 2.65. The first-order chi connectivity index (χ1) is 19.7. The third kappa shape index (κ3) is 5.89. The molecule has 8 atom stereocenters. The Balaban J connectivity index is 1.20. The molecule has 0 radical (unpaired) electrons. The van der Waals surface area contributed by atoms with E-state index in [2.05, 4.69) is 13.8 Å². The molecule has 0 heterocycles. The summed E-state index contributed by atoms with van der Waals surface area (Å²) in [4.78, 5) is 0. The Morgan fingerprint density at radius 3 is 1.00 bits per heavy atom. The molecule has 228 valence electrons. The molecule has 0 N–H and O–H groups in total. The summed E-state index contributed by atoms with van der Waals surface area (Å²) in [5.74, 6) is 15.4. The van der Waals surface area contributed by atoms with Crippen LogP contribution in [0.3, 0.4) is 0 Å². The molecule has 0 aromatic rings. The maximum absolute atomic E-state index is 2.57. The van der Waals surface area contributed by atoms with Gasteiger partial charge in [-0.2, -0.15) is 0 Å². The lowest BCUT2D eigenvalue weighted by molar-refractivity contribution is -0.136. The second-order valence-corrected chi connectivity index (χ2v) is 17.8. The van der Waals surface area contributed by atoms with Crippen LogP contribution < -0.4 is 0 Å². The maximum atomic E-state index is 2.57. The summed E-state index contributed by atoms with van der Waals surface area (Å²) >= 11 is 0. The first-order valence-electron chi connectivity index (χ1n) is 19.7. The van der Waals surface area contributed by atoms with Gasteiger partial charge in [0.05, 0.1) is 0 Å². The van der Waals surface area contributed by atoms with Crippen molar-refractivity contribution >= 4 is 0 Å². The summed E-state index contributed by atoms with van der Waals surface area (Å²) < 4.78 is 0. The van der Waals surface area contributed by atoms with Gasteiger partial charge in [-0.25, -0.2) is 0 Å². The fourth-order valence-electron chi connectivity index (χ4n) is 13.8. The molecule has 7 aliphatic carbocycles.